The molecule has 0 spiro atoms. The summed E-state index contributed by atoms with van der Waals surface area (Å²) in [5, 5.41) is 0. The summed E-state index contributed by atoms with van der Waals surface area (Å²) in [5.41, 5.74) is 0.289. The quantitative estimate of drug-likeness (QED) is 0.699. The topological polar surface area (TPSA) is 9.23 Å². The van der Waals surface area contributed by atoms with E-state index in [1.165, 1.54) is 25.1 Å². The van der Waals surface area contributed by atoms with E-state index >= 15 is 0 Å². The highest BCUT2D eigenvalue weighted by atomic mass is 19.4. The van der Waals surface area contributed by atoms with Crippen LogP contribution < -0.4 is 4.74 Å². The van der Waals surface area contributed by atoms with Gasteiger partial charge in [0.1, 0.15) is 5.75 Å². The summed E-state index contributed by atoms with van der Waals surface area (Å²) >= 11 is 0. The smallest absolute Gasteiger partial charge is 0.381 e. The Labute approximate surface area is 114 Å². The molecule has 21 heavy (non-hydrogen) atoms. The fourth-order valence-electron chi connectivity index (χ4n) is 1.36. The van der Waals surface area contributed by atoms with Gasteiger partial charge in [0.25, 0.3) is 0 Å². The van der Waals surface area contributed by atoms with Crippen LogP contribution in [-0.2, 0) is 0 Å². The molecule has 0 radical (unpaired) electrons. The average Bonchev–Trinajstić information content (AvgIpc) is 2.37. The molecular weight excluding hydrogens is 312 g/mol. The number of ether oxygens (including phenoxy) is 1. The van der Waals surface area contributed by atoms with Crippen molar-refractivity contribution >= 4 is 0 Å². The average molecular weight is 322 g/mol. The number of para-hydroxylation sites is 1. The van der Waals surface area contributed by atoms with Crippen LogP contribution in [-0.4, -0.2) is 30.8 Å². The van der Waals surface area contributed by atoms with Crippen LogP contribution >= 0.6 is 0 Å². The summed E-state index contributed by atoms with van der Waals surface area (Å²) in [7, 11) is 0. The van der Waals surface area contributed by atoms with Crippen molar-refractivity contribution in [3.8, 4) is 5.75 Å². The Morgan fingerprint density at radius 1 is 1.00 bits per heavy atom. The van der Waals surface area contributed by atoms with Crippen molar-refractivity contribution in [1.82, 2.24) is 0 Å². The third-order valence-electron chi connectivity index (χ3n) is 2.65. The Morgan fingerprint density at radius 3 is 2.00 bits per heavy atom. The van der Waals surface area contributed by atoms with Crippen LogP contribution in [0, 0.1) is 6.92 Å². The van der Waals surface area contributed by atoms with Crippen molar-refractivity contribution in [1.29, 1.82) is 0 Å². The lowest BCUT2D eigenvalue weighted by atomic mass is 10.1. The molecule has 0 N–H and O–H groups in total. The summed E-state index contributed by atoms with van der Waals surface area (Å²) in [5.74, 6) is -18.1. The summed E-state index contributed by atoms with van der Waals surface area (Å²) in [6.45, 7) is -0.757. The minimum Gasteiger partial charge on any atom is -0.487 e. The van der Waals surface area contributed by atoms with Crippen LogP contribution in [0.3, 0.4) is 0 Å². The first kappa shape index (κ1) is 17.5. The highest BCUT2D eigenvalue weighted by molar-refractivity contribution is 5.31. The van der Waals surface area contributed by atoms with Crippen molar-refractivity contribution in [3.05, 3.63) is 29.8 Å². The summed E-state index contributed by atoms with van der Waals surface area (Å²) in [6, 6.07) is 5.39. The molecule has 0 aliphatic carbocycles. The van der Waals surface area contributed by atoms with E-state index in [9.17, 15) is 35.1 Å². The second kappa shape index (κ2) is 5.69. The lowest BCUT2D eigenvalue weighted by Crippen LogP contribution is -2.59. The van der Waals surface area contributed by atoms with Crippen LogP contribution in [0.4, 0.5) is 35.1 Å². The molecule has 1 nitrogen and oxygen atoms in total. The third-order valence-corrected chi connectivity index (χ3v) is 2.65. The van der Waals surface area contributed by atoms with Crippen LogP contribution in [0.2, 0.25) is 0 Å². The zero-order valence-corrected chi connectivity index (χ0v) is 10.5. The molecule has 0 bridgehead atoms. The molecule has 0 saturated carbocycles. The second-order valence-electron chi connectivity index (χ2n) is 4.26. The SMILES string of the molecule is Cc1ccccc1OCC(F)(F)C(F)(F)C(F)(F)C(F)F. The van der Waals surface area contributed by atoms with Gasteiger partial charge in [-0.1, -0.05) is 18.2 Å². The molecule has 0 atom stereocenters. The number of benzene rings is 1. The number of hydrogen-bond acceptors (Lipinski definition) is 1. The Bertz CT molecular complexity index is 486. The Kier molecular flexibility index (Phi) is 4.74. The van der Waals surface area contributed by atoms with Gasteiger partial charge in [0, 0.05) is 0 Å². The molecule has 0 fully saturated rings. The van der Waals surface area contributed by atoms with Gasteiger partial charge in [0.05, 0.1) is 0 Å². The molecule has 1 rings (SSSR count). The van der Waals surface area contributed by atoms with Crippen molar-refractivity contribution in [3.63, 3.8) is 0 Å². The fraction of sp³-hybridized carbons (Fsp3) is 0.500. The van der Waals surface area contributed by atoms with Crippen LogP contribution in [0.15, 0.2) is 24.3 Å². The normalized spacial score (nSPS) is 13.6. The van der Waals surface area contributed by atoms with E-state index in [1.54, 1.807) is 0 Å². The first-order valence-corrected chi connectivity index (χ1v) is 5.53. The molecular formula is C12H10F8O. The summed E-state index contributed by atoms with van der Waals surface area (Å²) < 4.78 is 106. The van der Waals surface area contributed by atoms with Crippen LogP contribution in [0.1, 0.15) is 5.56 Å². The first-order chi connectivity index (χ1) is 9.43. The monoisotopic (exact) mass is 322 g/mol. The van der Waals surface area contributed by atoms with E-state index in [2.05, 4.69) is 4.74 Å². The molecule has 0 amide bonds. The zero-order chi connectivity index (χ0) is 16.5. The van der Waals surface area contributed by atoms with Gasteiger partial charge in [0.15, 0.2) is 6.61 Å². The molecule has 120 valence electrons. The molecule has 1 aromatic rings. The zero-order valence-electron chi connectivity index (χ0n) is 10.5. The van der Waals surface area contributed by atoms with Gasteiger partial charge in [-0.05, 0) is 18.6 Å². The minimum atomic E-state index is -6.25. The predicted molar refractivity (Wildman–Crippen MR) is 57.5 cm³/mol. The summed E-state index contributed by atoms with van der Waals surface area (Å²) in [4.78, 5) is 0. The number of hydrogen-bond donors (Lipinski definition) is 0. The van der Waals surface area contributed by atoms with E-state index in [1.807, 2.05) is 0 Å². The number of alkyl halides is 8. The molecule has 0 heterocycles. The molecule has 9 heteroatoms. The van der Waals surface area contributed by atoms with Gasteiger partial charge < -0.3 is 4.74 Å². The minimum absolute atomic E-state index is 0.242. The molecule has 1 aromatic carbocycles. The van der Waals surface area contributed by atoms with Crippen molar-refractivity contribution in [2.75, 3.05) is 6.61 Å². The van der Waals surface area contributed by atoms with E-state index in [0.29, 0.717) is 0 Å². The van der Waals surface area contributed by atoms with E-state index in [-0.39, 0.29) is 11.3 Å². The Balaban J connectivity index is 2.93. The largest absolute Gasteiger partial charge is 0.487 e. The number of halogens is 8. The van der Waals surface area contributed by atoms with Crippen molar-refractivity contribution in [2.24, 2.45) is 0 Å². The van der Waals surface area contributed by atoms with E-state index in [4.69, 9.17) is 0 Å². The van der Waals surface area contributed by atoms with Gasteiger partial charge in [-0.25, -0.2) is 8.78 Å². The van der Waals surface area contributed by atoms with Crippen molar-refractivity contribution < 1.29 is 39.9 Å². The molecule has 0 aromatic heterocycles. The standard InChI is InChI=1S/C12H10F8O/c1-7-4-2-3-5-8(7)21-6-10(15,16)12(19,20)11(17,18)9(13)14/h2-5,9H,6H2,1H3. The van der Waals surface area contributed by atoms with E-state index < -0.39 is 30.8 Å². The Morgan fingerprint density at radius 2 is 1.52 bits per heavy atom. The maximum absolute atomic E-state index is 13.2. The van der Waals surface area contributed by atoms with Gasteiger partial charge in [-0.15, -0.1) is 0 Å². The number of rotatable bonds is 6. The lowest BCUT2D eigenvalue weighted by Gasteiger charge is -2.32. The summed E-state index contributed by atoms with van der Waals surface area (Å²) in [6.07, 6.45) is -4.93. The molecule has 0 aliphatic heterocycles. The fourth-order valence-corrected chi connectivity index (χ4v) is 1.36. The van der Waals surface area contributed by atoms with E-state index in [0.717, 1.165) is 6.07 Å². The predicted octanol–water partition coefficient (Wildman–Crippen LogP) is 4.54. The highest BCUT2D eigenvalue weighted by Gasteiger charge is 2.75. The van der Waals surface area contributed by atoms with Gasteiger partial charge in [-0.2, -0.15) is 26.3 Å². The third kappa shape index (κ3) is 3.21. The molecule has 0 saturated heterocycles. The van der Waals surface area contributed by atoms with Crippen molar-refractivity contribution in [2.45, 2.75) is 31.1 Å². The first-order valence-electron chi connectivity index (χ1n) is 5.53. The maximum Gasteiger partial charge on any atom is 0.381 e. The highest BCUT2D eigenvalue weighted by Crippen LogP contribution is 2.48. The maximum atomic E-state index is 13.2. The van der Waals surface area contributed by atoms with Gasteiger partial charge in [-0.3, -0.25) is 0 Å². The number of aryl methyl sites for hydroxylation is 1. The van der Waals surface area contributed by atoms with Crippen LogP contribution in [0.5, 0.6) is 5.75 Å². The van der Waals surface area contributed by atoms with Gasteiger partial charge >= 0.3 is 24.2 Å². The second-order valence-corrected chi connectivity index (χ2v) is 4.26. The van der Waals surface area contributed by atoms with Crippen LogP contribution in [0.25, 0.3) is 0 Å². The molecule has 0 unspecified atom stereocenters. The molecule has 0 aliphatic rings. The van der Waals surface area contributed by atoms with Gasteiger partial charge in [0.2, 0.25) is 0 Å². The lowest BCUT2D eigenvalue weighted by molar-refractivity contribution is -0.342. The Hall–Kier alpha value is -1.54.